The Morgan fingerprint density at radius 1 is 1.50 bits per heavy atom. The average molecular weight is 260 g/mol. The quantitative estimate of drug-likeness (QED) is 0.608. The minimum absolute atomic E-state index is 0.246. The van der Waals surface area contributed by atoms with Gasteiger partial charge in [-0.05, 0) is 38.1 Å². The summed E-state index contributed by atoms with van der Waals surface area (Å²) >= 11 is 7.94. The summed E-state index contributed by atoms with van der Waals surface area (Å²) in [5.41, 5.74) is 1.12. The zero-order valence-corrected chi connectivity index (χ0v) is 11.2. The van der Waals surface area contributed by atoms with E-state index in [1.165, 1.54) is 0 Å². The summed E-state index contributed by atoms with van der Waals surface area (Å²) in [7, 11) is 1.92. The molecule has 1 unspecified atom stereocenters. The van der Waals surface area contributed by atoms with Gasteiger partial charge in [0.25, 0.3) is 0 Å². The molecule has 1 atom stereocenters. The van der Waals surface area contributed by atoms with Crippen molar-refractivity contribution in [3.63, 3.8) is 0 Å². The summed E-state index contributed by atoms with van der Waals surface area (Å²) in [6.45, 7) is 2.33. The fourth-order valence-corrected chi connectivity index (χ4v) is 2.64. The fraction of sp³-hybridized carbons (Fsp3) is 0.500. The lowest BCUT2D eigenvalue weighted by Crippen LogP contribution is -2.12. The summed E-state index contributed by atoms with van der Waals surface area (Å²) in [5.74, 6) is 0.924. The highest BCUT2D eigenvalue weighted by Crippen LogP contribution is 2.28. The molecule has 0 aliphatic carbocycles. The van der Waals surface area contributed by atoms with Crippen molar-refractivity contribution in [2.45, 2.75) is 24.3 Å². The Balaban J connectivity index is 2.67. The van der Waals surface area contributed by atoms with Gasteiger partial charge in [0.15, 0.2) is 0 Å². The summed E-state index contributed by atoms with van der Waals surface area (Å²) < 4.78 is 0. The van der Waals surface area contributed by atoms with E-state index in [0.717, 1.165) is 27.7 Å². The van der Waals surface area contributed by atoms with Crippen molar-refractivity contribution in [2.24, 2.45) is 0 Å². The first kappa shape index (κ1) is 13.8. The Bertz CT molecular complexity index is 333. The van der Waals surface area contributed by atoms with Crippen molar-refractivity contribution in [3.05, 3.63) is 28.8 Å². The van der Waals surface area contributed by atoms with Crippen LogP contribution in [0.15, 0.2) is 23.1 Å². The SMILES string of the molecule is CNC(C)c1ccc(SCCCO)cc1Cl. The molecule has 0 aliphatic heterocycles. The molecule has 0 aliphatic rings. The van der Waals surface area contributed by atoms with Crippen LogP contribution in [0, 0.1) is 0 Å². The summed E-state index contributed by atoms with van der Waals surface area (Å²) in [6, 6.07) is 6.40. The second kappa shape index (κ2) is 7.17. The van der Waals surface area contributed by atoms with E-state index in [-0.39, 0.29) is 12.6 Å². The smallest absolute Gasteiger partial charge is 0.0464 e. The number of thioether (sulfide) groups is 1. The Morgan fingerprint density at radius 3 is 2.81 bits per heavy atom. The molecule has 2 nitrogen and oxygen atoms in total. The molecular formula is C12H18ClNOS. The van der Waals surface area contributed by atoms with Gasteiger partial charge in [0.05, 0.1) is 0 Å². The Labute approximate surface area is 106 Å². The van der Waals surface area contributed by atoms with Crippen molar-refractivity contribution < 1.29 is 5.11 Å². The van der Waals surface area contributed by atoms with Crippen LogP contribution in [0.25, 0.3) is 0 Å². The lowest BCUT2D eigenvalue weighted by Gasteiger charge is -2.13. The summed E-state index contributed by atoms with van der Waals surface area (Å²) in [6.07, 6.45) is 0.816. The minimum Gasteiger partial charge on any atom is -0.396 e. The van der Waals surface area contributed by atoms with Gasteiger partial charge >= 0.3 is 0 Å². The maximum Gasteiger partial charge on any atom is 0.0464 e. The molecule has 90 valence electrons. The molecule has 16 heavy (non-hydrogen) atoms. The highest BCUT2D eigenvalue weighted by Gasteiger charge is 2.08. The molecular weight excluding hydrogens is 242 g/mol. The molecule has 4 heteroatoms. The highest BCUT2D eigenvalue weighted by atomic mass is 35.5. The molecule has 0 spiro atoms. The molecule has 0 aromatic heterocycles. The second-order valence-corrected chi connectivity index (χ2v) is 5.19. The molecule has 0 bridgehead atoms. The number of hydrogen-bond acceptors (Lipinski definition) is 3. The van der Waals surface area contributed by atoms with E-state index in [2.05, 4.69) is 24.4 Å². The number of halogens is 1. The molecule has 0 radical (unpaired) electrons. The van der Waals surface area contributed by atoms with Crippen LogP contribution in [0.1, 0.15) is 24.9 Å². The van der Waals surface area contributed by atoms with Crippen molar-refractivity contribution in [3.8, 4) is 0 Å². The van der Waals surface area contributed by atoms with Crippen LogP contribution >= 0.6 is 23.4 Å². The fourth-order valence-electron chi connectivity index (χ4n) is 1.36. The Morgan fingerprint density at radius 2 is 2.25 bits per heavy atom. The lowest BCUT2D eigenvalue weighted by molar-refractivity contribution is 0.296. The monoisotopic (exact) mass is 259 g/mol. The first-order chi connectivity index (χ1) is 7.69. The van der Waals surface area contributed by atoms with Gasteiger partial charge in [-0.2, -0.15) is 0 Å². The third-order valence-corrected chi connectivity index (χ3v) is 3.85. The lowest BCUT2D eigenvalue weighted by atomic mass is 10.1. The topological polar surface area (TPSA) is 32.3 Å². The predicted octanol–water partition coefficient (Wildman–Crippen LogP) is 3.09. The Hall–Kier alpha value is -0.220. The first-order valence-electron chi connectivity index (χ1n) is 5.39. The van der Waals surface area contributed by atoms with E-state index in [0.29, 0.717) is 0 Å². The van der Waals surface area contributed by atoms with Crippen molar-refractivity contribution in [2.75, 3.05) is 19.4 Å². The van der Waals surface area contributed by atoms with Gasteiger partial charge < -0.3 is 10.4 Å². The van der Waals surface area contributed by atoms with Gasteiger partial charge in [-0.25, -0.2) is 0 Å². The first-order valence-corrected chi connectivity index (χ1v) is 6.75. The summed E-state index contributed by atoms with van der Waals surface area (Å²) in [5, 5.41) is 12.7. The Kier molecular flexibility index (Phi) is 6.21. The molecule has 0 heterocycles. The van der Waals surface area contributed by atoms with Gasteiger partial charge in [0.2, 0.25) is 0 Å². The normalized spacial score (nSPS) is 12.8. The van der Waals surface area contributed by atoms with Crippen LogP contribution in [-0.2, 0) is 0 Å². The van der Waals surface area contributed by atoms with Gasteiger partial charge in [-0.1, -0.05) is 17.7 Å². The average Bonchev–Trinajstić information content (AvgIpc) is 2.29. The number of rotatable bonds is 6. The molecule has 0 fully saturated rings. The van der Waals surface area contributed by atoms with E-state index in [4.69, 9.17) is 16.7 Å². The maximum atomic E-state index is 8.70. The molecule has 1 aromatic carbocycles. The van der Waals surface area contributed by atoms with E-state index in [1.54, 1.807) is 11.8 Å². The van der Waals surface area contributed by atoms with Crippen molar-refractivity contribution in [1.82, 2.24) is 5.32 Å². The van der Waals surface area contributed by atoms with E-state index >= 15 is 0 Å². The molecule has 0 saturated heterocycles. The van der Waals surface area contributed by atoms with Crippen molar-refractivity contribution >= 4 is 23.4 Å². The van der Waals surface area contributed by atoms with Crippen LogP contribution in [0.5, 0.6) is 0 Å². The van der Waals surface area contributed by atoms with Gasteiger partial charge in [-0.15, -0.1) is 11.8 Å². The number of benzene rings is 1. The number of nitrogens with one attached hydrogen (secondary N) is 1. The van der Waals surface area contributed by atoms with Gasteiger partial charge in [0.1, 0.15) is 0 Å². The van der Waals surface area contributed by atoms with Gasteiger partial charge in [0, 0.05) is 28.3 Å². The van der Waals surface area contributed by atoms with Crippen LogP contribution in [0.2, 0.25) is 5.02 Å². The third kappa shape index (κ3) is 3.98. The molecule has 0 saturated carbocycles. The van der Waals surface area contributed by atoms with Crippen molar-refractivity contribution in [1.29, 1.82) is 0 Å². The number of aliphatic hydroxyl groups is 1. The van der Waals surface area contributed by atoms with Crippen LogP contribution in [0.4, 0.5) is 0 Å². The van der Waals surface area contributed by atoms with Gasteiger partial charge in [-0.3, -0.25) is 0 Å². The molecule has 1 rings (SSSR count). The zero-order valence-electron chi connectivity index (χ0n) is 9.66. The second-order valence-electron chi connectivity index (χ2n) is 3.62. The predicted molar refractivity (Wildman–Crippen MR) is 71.4 cm³/mol. The summed E-state index contributed by atoms with van der Waals surface area (Å²) in [4.78, 5) is 1.16. The largest absolute Gasteiger partial charge is 0.396 e. The highest BCUT2D eigenvalue weighted by molar-refractivity contribution is 7.99. The standard InChI is InChI=1S/C12H18ClNOS/c1-9(14-2)11-5-4-10(8-12(11)13)16-7-3-6-15/h4-5,8-9,14-15H,3,6-7H2,1-2H3. The van der Waals surface area contributed by atoms with Crippen LogP contribution in [-0.4, -0.2) is 24.5 Å². The van der Waals surface area contributed by atoms with Crippen LogP contribution in [0.3, 0.4) is 0 Å². The molecule has 2 N–H and O–H groups in total. The third-order valence-electron chi connectivity index (χ3n) is 2.44. The molecule has 1 aromatic rings. The zero-order chi connectivity index (χ0) is 12.0. The van der Waals surface area contributed by atoms with E-state index < -0.39 is 0 Å². The van der Waals surface area contributed by atoms with Crippen LogP contribution < -0.4 is 5.32 Å². The maximum absolute atomic E-state index is 8.70. The van der Waals surface area contributed by atoms with E-state index in [9.17, 15) is 0 Å². The molecule has 0 amide bonds. The number of hydrogen-bond donors (Lipinski definition) is 2. The minimum atomic E-state index is 0.246. The number of aliphatic hydroxyl groups excluding tert-OH is 1. The van der Waals surface area contributed by atoms with E-state index in [1.807, 2.05) is 13.1 Å².